The summed E-state index contributed by atoms with van der Waals surface area (Å²) in [6.07, 6.45) is 0.475. The molecule has 0 aliphatic rings. The van der Waals surface area contributed by atoms with Crippen molar-refractivity contribution in [3.63, 3.8) is 0 Å². The highest BCUT2D eigenvalue weighted by Crippen LogP contribution is 2.40. The lowest BCUT2D eigenvalue weighted by atomic mass is 9.92. The van der Waals surface area contributed by atoms with Gasteiger partial charge in [-0.3, -0.25) is 9.18 Å². The molecule has 146 valence electrons. The number of rotatable bonds is 6. The molecular formula is C19H17F3N4O2. The van der Waals surface area contributed by atoms with Crippen molar-refractivity contribution in [3.8, 4) is 16.9 Å². The van der Waals surface area contributed by atoms with E-state index in [1.54, 1.807) is 12.1 Å². The van der Waals surface area contributed by atoms with E-state index in [0.29, 0.717) is 22.6 Å². The number of hydrogen-bond donors (Lipinski definition) is 2. The number of amides is 1. The van der Waals surface area contributed by atoms with Crippen molar-refractivity contribution < 1.29 is 22.7 Å². The molecule has 1 heterocycles. The van der Waals surface area contributed by atoms with Gasteiger partial charge < -0.3 is 16.2 Å². The van der Waals surface area contributed by atoms with Crippen LogP contribution in [0.3, 0.4) is 0 Å². The zero-order valence-electron chi connectivity index (χ0n) is 14.9. The fourth-order valence-corrected chi connectivity index (χ4v) is 3.14. The van der Waals surface area contributed by atoms with Crippen molar-refractivity contribution in [1.82, 2.24) is 10.2 Å². The van der Waals surface area contributed by atoms with Crippen molar-refractivity contribution >= 4 is 22.5 Å². The van der Waals surface area contributed by atoms with Crippen LogP contribution in [0.25, 0.3) is 22.0 Å². The summed E-state index contributed by atoms with van der Waals surface area (Å²) in [6, 6.07) is 5.01. The van der Waals surface area contributed by atoms with E-state index in [2.05, 4.69) is 10.2 Å². The molecule has 0 atom stereocenters. The normalized spacial score (nSPS) is 11.0. The fourth-order valence-electron chi connectivity index (χ4n) is 3.14. The van der Waals surface area contributed by atoms with Gasteiger partial charge in [0.05, 0.1) is 19.5 Å². The number of fused-ring (bicyclic) bond motifs is 1. The van der Waals surface area contributed by atoms with E-state index in [4.69, 9.17) is 16.2 Å². The Morgan fingerprint density at radius 2 is 1.96 bits per heavy atom. The Bertz CT molecular complexity index is 1070. The van der Waals surface area contributed by atoms with Gasteiger partial charge in [0, 0.05) is 22.6 Å². The van der Waals surface area contributed by atoms with Crippen LogP contribution in [0.15, 0.2) is 24.3 Å². The molecule has 1 aromatic heterocycles. The molecule has 0 spiro atoms. The van der Waals surface area contributed by atoms with E-state index in [1.807, 2.05) is 0 Å². The topological polar surface area (TPSA) is 104 Å². The molecule has 0 aliphatic carbocycles. The third-order valence-corrected chi connectivity index (χ3v) is 4.35. The second kappa shape index (κ2) is 7.71. The maximum Gasteiger partial charge on any atom is 0.271 e. The predicted molar refractivity (Wildman–Crippen MR) is 98.7 cm³/mol. The molecule has 0 saturated heterocycles. The molecule has 0 bridgehead atoms. The first-order chi connectivity index (χ1) is 13.4. The van der Waals surface area contributed by atoms with Gasteiger partial charge >= 0.3 is 0 Å². The second-order valence-electron chi connectivity index (χ2n) is 6.08. The number of methoxy groups -OCH3 is 1. The minimum atomic E-state index is -0.902. The molecule has 9 heteroatoms. The zero-order chi connectivity index (χ0) is 20.4. The van der Waals surface area contributed by atoms with Crippen molar-refractivity contribution in [2.45, 2.75) is 12.8 Å². The third kappa shape index (κ3) is 3.30. The van der Waals surface area contributed by atoms with Crippen molar-refractivity contribution in [2.75, 3.05) is 19.5 Å². The molecule has 28 heavy (non-hydrogen) atoms. The summed E-state index contributed by atoms with van der Waals surface area (Å²) in [5.41, 5.74) is 12.2. The monoisotopic (exact) mass is 390 g/mol. The number of aryl methyl sites for hydroxylation is 1. The van der Waals surface area contributed by atoms with E-state index in [1.165, 1.54) is 7.11 Å². The van der Waals surface area contributed by atoms with Gasteiger partial charge in [-0.1, -0.05) is 12.1 Å². The highest BCUT2D eigenvalue weighted by molar-refractivity contribution is 6.08. The average Bonchev–Trinajstić information content (AvgIpc) is 2.65. The average molecular weight is 390 g/mol. The lowest BCUT2D eigenvalue weighted by Crippen LogP contribution is -2.17. The molecule has 0 saturated carbocycles. The number of halogens is 3. The SMILES string of the molecule is COc1c(F)cc(F)cc1-c1c(CCCF)ccc2c(N)c(C(N)=O)nnc12. The van der Waals surface area contributed by atoms with Crippen LogP contribution in [-0.2, 0) is 6.42 Å². The lowest BCUT2D eigenvalue weighted by Gasteiger charge is -2.17. The van der Waals surface area contributed by atoms with Crippen molar-refractivity contribution in [2.24, 2.45) is 5.73 Å². The van der Waals surface area contributed by atoms with Crippen LogP contribution in [0.5, 0.6) is 5.75 Å². The molecule has 0 radical (unpaired) electrons. The maximum absolute atomic E-state index is 14.3. The standard InChI is InChI=1S/C19H17F3N4O2/c1-28-18-12(7-10(21)8-13(18)22)14-9(3-2-6-20)4-5-11-15(23)17(19(24)27)26-25-16(11)14/h4-5,7-8H,2-3,6H2,1H3,(H2,23,25)(H2,24,27). The number of nitrogens with zero attached hydrogens (tertiary/aromatic N) is 2. The number of hydrogen-bond acceptors (Lipinski definition) is 5. The minimum Gasteiger partial charge on any atom is -0.493 e. The molecule has 3 rings (SSSR count). The van der Waals surface area contributed by atoms with Gasteiger partial charge in [0.2, 0.25) is 0 Å². The first-order valence-electron chi connectivity index (χ1n) is 8.36. The molecular weight excluding hydrogens is 373 g/mol. The van der Waals surface area contributed by atoms with E-state index < -0.39 is 24.2 Å². The Balaban J connectivity index is 2.42. The van der Waals surface area contributed by atoms with Gasteiger partial charge in [0.15, 0.2) is 17.3 Å². The Morgan fingerprint density at radius 1 is 1.21 bits per heavy atom. The largest absolute Gasteiger partial charge is 0.493 e. The quantitative estimate of drug-likeness (QED) is 0.673. The van der Waals surface area contributed by atoms with Crippen LogP contribution in [0.2, 0.25) is 0 Å². The molecule has 2 aromatic carbocycles. The van der Waals surface area contributed by atoms with Gasteiger partial charge in [0.25, 0.3) is 5.91 Å². The van der Waals surface area contributed by atoms with Crippen LogP contribution < -0.4 is 16.2 Å². The number of primary amides is 1. The predicted octanol–water partition coefficient (Wildman–Crippen LogP) is 3.17. The third-order valence-electron chi connectivity index (χ3n) is 4.35. The van der Waals surface area contributed by atoms with Crippen LogP contribution in [0.4, 0.5) is 18.9 Å². The highest BCUT2D eigenvalue weighted by atomic mass is 19.1. The molecule has 0 unspecified atom stereocenters. The van der Waals surface area contributed by atoms with Crippen molar-refractivity contribution in [3.05, 3.63) is 47.2 Å². The number of aromatic nitrogens is 2. The van der Waals surface area contributed by atoms with Gasteiger partial charge in [-0.15, -0.1) is 10.2 Å². The van der Waals surface area contributed by atoms with Gasteiger partial charge in [-0.2, -0.15) is 0 Å². The molecule has 6 nitrogen and oxygen atoms in total. The Morgan fingerprint density at radius 3 is 2.61 bits per heavy atom. The number of alkyl halides is 1. The number of ether oxygens (including phenoxy) is 1. The number of nitrogens with two attached hydrogens (primary N) is 2. The first kappa shape index (κ1) is 19.4. The second-order valence-corrected chi connectivity index (χ2v) is 6.08. The maximum atomic E-state index is 14.3. The van der Waals surface area contributed by atoms with E-state index in [9.17, 15) is 18.0 Å². The Kier molecular flexibility index (Phi) is 5.34. The van der Waals surface area contributed by atoms with Crippen molar-refractivity contribution in [1.29, 1.82) is 0 Å². The number of benzene rings is 2. The summed E-state index contributed by atoms with van der Waals surface area (Å²) in [5.74, 6) is -2.78. The Hall–Kier alpha value is -3.36. The molecule has 0 aliphatic heterocycles. The number of carbonyl (C=O) groups excluding carboxylic acids is 1. The van der Waals surface area contributed by atoms with Gasteiger partial charge in [0.1, 0.15) is 11.3 Å². The molecule has 3 aromatic rings. The van der Waals surface area contributed by atoms with E-state index >= 15 is 0 Å². The van der Waals surface area contributed by atoms with E-state index in [-0.39, 0.29) is 41.1 Å². The van der Waals surface area contributed by atoms with Crippen LogP contribution in [0.1, 0.15) is 22.5 Å². The number of anilines is 1. The summed E-state index contributed by atoms with van der Waals surface area (Å²) >= 11 is 0. The first-order valence-corrected chi connectivity index (χ1v) is 8.36. The summed E-state index contributed by atoms with van der Waals surface area (Å²) < 4.78 is 46.1. The summed E-state index contributed by atoms with van der Waals surface area (Å²) in [7, 11) is 1.25. The summed E-state index contributed by atoms with van der Waals surface area (Å²) in [5, 5.41) is 8.11. The van der Waals surface area contributed by atoms with Gasteiger partial charge in [-0.25, -0.2) is 8.78 Å². The number of carbonyl (C=O) groups is 1. The lowest BCUT2D eigenvalue weighted by molar-refractivity contribution is 0.0995. The number of nitrogen functional groups attached to an aromatic ring is 1. The van der Waals surface area contributed by atoms with Gasteiger partial charge in [-0.05, 0) is 24.5 Å². The highest BCUT2D eigenvalue weighted by Gasteiger charge is 2.22. The zero-order valence-corrected chi connectivity index (χ0v) is 14.9. The van der Waals surface area contributed by atoms with Crippen LogP contribution in [0, 0.1) is 11.6 Å². The fraction of sp³-hybridized carbons (Fsp3) is 0.211. The summed E-state index contributed by atoms with van der Waals surface area (Å²) in [6.45, 7) is -0.569. The molecule has 0 fully saturated rings. The minimum absolute atomic E-state index is 0.00775. The molecule has 4 N–H and O–H groups in total. The summed E-state index contributed by atoms with van der Waals surface area (Å²) in [4.78, 5) is 11.5. The molecule has 1 amide bonds. The van der Waals surface area contributed by atoms with Crippen LogP contribution in [-0.4, -0.2) is 29.9 Å². The van der Waals surface area contributed by atoms with E-state index in [0.717, 1.165) is 6.07 Å². The van der Waals surface area contributed by atoms with Crippen LogP contribution >= 0.6 is 0 Å². The smallest absolute Gasteiger partial charge is 0.271 e. The Labute approximate surface area is 158 Å².